The van der Waals surface area contributed by atoms with E-state index in [4.69, 9.17) is 11.6 Å². The van der Waals surface area contributed by atoms with Gasteiger partial charge >= 0.3 is 0 Å². The van der Waals surface area contributed by atoms with Crippen molar-refractivity contribution in [3.8, 4) is 5.69 Å². The Labute approximate surface area is 194 Å². The summed E-state index contributed by atoms with van der Waals surface area (Å²) >= 11 is 6.39. The maximum atomic E-state index is 13.3. The molecule has 1 aliphatic carbocycles. The van der Waals surface area contributed by atoms with E-state index < -0.39 is 0 Å². The number of nitrogens with zero attached hydrogens (tertiary/aromatic N) is 6. The molecule has 1 aliphatic heterocycles. The molecular formula is C24H21ClN6O2. The van der Waals surface area contributed by atoms with E-state index in [0.29, 0.717) is 41.4 Å². The van der Waals surface area contributed by atoms with E-state index in [1.54, 1.807) is 32.6 Å². The van der Waals surface area contributed by atoms with Crippen LogP contribution in [0.15, 0.2) is 59.7 Å². The fraction of sp³-hybridized carbons (Fsp3) is 0.292. The van der Waals surface area contributed by atoms with E-state index in [0.717, 1.165) is 24.4 Å². The largest absolute Gasteiger partial charge is 0.334 e. The minimum Gasteiger partial charge on any atom is -0.334 e. The fourth-order valence-electron chi connectivity index (χ4n) is 4.46. The van der Waals surface area contributed by atoms with E-state index in [-0.39, 0.29) is 23.3 Å². The van der Waals surface area contributed by atoms with E-state index in [9.17, 15) is 9.59 Å². The summed E-state index contributed by atoms with van der Waals surface area (Å²) in [4.78, 5) is 37.0. The summed E-state index contributed by atoms with van der Waals surface area (Å²) in [5.41, 5.74) is 1.31. The molecule has 1 atom stereocenters. The topological polar surface area (TPSA) is 85.9 Å². The number of halogens is 1. The molecule has 0 spiro atoms. The van der Waals surface area contributed by atoms with Gasteiger partial charge in [-0.15, -0.1) is 5.10 Å². The molecule has 6 rings (SSSR count). The zero-order valence-corrected chi connectivity index (χ0v) is 18.5. The lowest BCUT2D eigenvalue weighted by Gasteiger charge is -2.16. The van der Waals surface area contributed by atoms with E-state index in [1.807, 2.05) is 36.4 Å². The Kier molecular flexibility index (Phi) is 4.76. The van der Waals surface area contributed by atoms with Crippen LogP contribution in [0.2, 0.25) is 5.02 Å². The molecule has 2 fully saturated rings. The van der Waals surface area contributed by atoms with Gasteiger partial charge in [-0.2, -0.15) is 0 Å². The molecule has 3 heterocycles. The molecule has 4 aromatic rings. The van der Waals surface area contributed by atoms with Crippen molar-refractivity contribution in [3.63, 3.8) is 0 Å². The van der Waals surface area contributed by atoms with Crippen LogP contribution in [-0.2, 0) is 0 Å². The minimum atomic E-state index is -0.230. The first kappa shape index (κ1) is 20.1. The maximum Gasteiger partial charge on any atom is 0.293 e. The van der Waals surface area contributed by atoms with Gasteiger partial charge in [-0.1, -0.05) is 35.9 Å². The Morgan fingerprint density at radius 1 is 1.03 bits per heavy atom. The van der Waals surface area contributed by atoms with Crippen molar-refractivity contribution in [1.82, 2.24) is 29.2 Å². The summed E-state index contributed by atoms with van der Waals surface area (Å²) in [7, 11) is 0. The molecule has 166 valence electrons. The van der Waals surface area contributed by atoms with Crippen LogP contribution in [0.5, 0.6) is 0 Å². The Balaban J connectivity index is 1.28. The van der Waals surface area contributed by atoms with Crippen molar-refractivity contribution < 1.29 is 4.79 Å². The lowest BCUT2D eigenvalue weighted by Crippen LogP contribution is -2.32. The van der Waals surface area contributed by atoms with Gasteiger partial charge in [0.05, 0.1) is 34.0 Å². The second-order valence-electron chi connectivity index (χ2n) is 8.60. The first-order valence-corrected chi connectivity index (χ1v) is 11.4. The number of hydrogen-bond donors (Lipinski definition) is 0. The molecule has 0 radical (unpaired) electrons. The Morgan fingerprint density at radius 3 is 2.64 bits per heavy atom. The third kappa shape index (κ3) is 3.51. The molecule has 33 heavy (non-hydrogen) atoms. The molecule has 0 bridgehead atoms. The van der Waals surface area contributed by atoms with Crippen LogP contribution in [0.4, 0.5) is 0 Å². The quantitative estimate of drug-likeness (QED) is 0.464. The lowest BCUT2D eigenvalue weighted by atomic mass is 10.2. The molecule has 0 N–H and O–H groups in total. The Hall–Kier alpha value is -3.52. The highest BCUT2D eigenvalue weighted by Crippen LogP contribution is 2.40. The molecule has 1 unspecified atom stereocenters. The zero-order valence-electron chi connectivity index (χ0n) is 17.8. The second kappa shape index (κ2) is 7.81. The number of fused-ring (bicyclic) bond motifs is 1. The predicted molar refractivity (Wildman–Crippen MR) is 124 cm³/mol. The average molecular weight is 461 g/mol. The Morgan fingerprint density at radius 2 is 1.82 bits per heavy atom. The molecule has 1 amide bonds. The van der Waals surface area contributed by atoms with Crippen LogP contribution in [0.1, 0.15) is 47.7 Å². The summed E-state index contributed by atoms with van der Waals surface area (Å²) in [6, 6.07) is 14.6. The average Bonchev–Trinajstić information content (AvgIpc) is 3.39. The summed E-state index contributed by atoms with van der Waals surface area (Å²) in [6.07, 6.45) is 4.31. The van der Waals surface area contributed by atoms with Gasteiger partial charge in [-0.25, -0.2) is 14.6 Å². The van der Waals surface area contributed by atoms with Crippen LogP contribution < -0.4 is 5.56 Å². The highest BCUT2D eigenvalue weighted by molar-refractivity contribution is 6.32. The molecular weight excluding hydrogens is 440 g/mol. The van der Waals surface area contributed by atoms with Crippen molar-refractivity contribution in [3.05, 3.63) is 81.9 Å². The number of likely N-dealkylation sites (tertiary alicyclic amines) is 1. The highest BCUT2D eigenvalue weighted by atomic mass is 35.5. The van der Waals surface area contributed by atoms with E-state index >= 15 is 0 Å². The van der Waals surface area contributed by atoms with Gasteiger partial charge in [0.15, 0.2) is 0 Å². The normalized spacial score (nSPS) is 18.2. The van der Waals surface area contributed by atoms with Crippen molar-refractivity contribution >= 4 is 28.4 Å². The van der Waals surface area contributed by atoms with Crippen LogP contribution in [0.3, 0.4) is 0 Å². The number of hydrogen-bond acceptors (Lipinski definition) is 5. The van der Waals surface area contributed by atoms with Crippen LogP contribution >= 0.6 is 11.6 Å². The van der Waals surface area contributed by atoms with E-state index in [2.05, 4.69) is 15.1 Å². The third-order valence-corrected chi connectivity index (χ3v) is 6.70. The number of benzene rings is 2. The molecule has 2 aliphatic rings. The number of para-hydroxylation sites is 2. The monoisotopic (exact) mass is 460 g/mol. The molecule has 1 saturated heterocycles. The first-order valence-electron chi connectivity index (χ1n) is 11.1. The zero-order chi connectivity index (χ0) is 22.5. The summed E-state index contributed by atoms with van der Waals surface area (Å²) in [6.45, 7) is 0.945. The van der Waals surface area contributed by atoms with Gasteiger partial charge in [0.1, 0.15) is 5.82 Å². The van der Waals surface area contributed by atoms with Gasteiger partial charge < -0.3 is 4.90 Å². The van der Waals surface area contributed by atoms with Gasteiger partial charge in [-0.3, -0.25) is 14.2 Å². The summed E-state index contributed by atoms with van der Waals surface area (Å²) in [5.74, 6) is 1.01. The minimum absolute atomic E-state index is 0.0861. The SMILES string of the molecule is O=C(c1nc(C2CC2)n(-c2ccccc2Cl)n1)N1CCC(n2cnc3ccccc3c2=O)C1. The number of amides is 1. The van der Waals surface area contributed by atoms with Crippen molar-refractivity contribution in [2.45, 2.75) is 31.2 Å². The van der Waals surface area contributed by atoms with Crippen LogP contribution in [0.25, 0.3) is 16.6 Å². The van der Waals surface area contributed by atoms with Gasteiger partial charge in [0.25, 0.3) is 11.5 Å². The van der Waals surface area contributed by atoms with Crippen molar-refractivity contribution in [2.75, 3.05) is 13.1 Å². The maximum absolute atomic E-state index is 13.3. The van der Waals surface area contributed by atoms with Gasteiger partial charge in [0, 0.05) is 19.0 Å². The number of aromatic nitrogens is 5. The smallest absolute Gasteiger partial charge is 0.293 e. The highest BCUT2D eigenvalue weighted by Gasteiger charge is 2.35. The van der Waals surface area contributed by atoms with Crippen LogP contribution in [-0.4, -0.2) is 48.2 Å². The first-order chi connectivity index (χ1) is 16.1. The second-order valence-corrected chi connectivity index (χ2v) is 9.01. The molecule has 2 aromatic carbocycles. The standard InChI is InChI=1S/C24H21ClN6O2/c25-18-6-2-4-8-20(18)31-22(15-9-10-15)27-21(28-31)24(33)29-12-11-16(13-29)30-14-26-19-7-3-1-5-17(19)23(30)32/h1-8,14-16H,9-13H2. The predicted octanol–water partition coefficient (Wildman–Crippen LogP) is 3.60. The molecule has 9 heteroatoms. The number of rotatable bonds is 4. The van der Waals surface area contributed by atoms with Crippen LogP contribution in [0, 0.1) is 0 Å². The van der Waals surface area contributed by atoms with E-state index in [1.165, 1.54) is 0 Å². The number of carbonyl (C=O) groups excluding carboxylic acids is 1. The number of carbonyl (C=O) groups is 1. The molecule has 2 aromatic heterocycles. The Bertz CT molecular complexity index is 1440. The van der Waals surface area contributed by atoms with Gasteiger partial charge in [0.2, 0.25) is 5.82 Å². The third-order valence-electron chi connectivity index (χ3n) is 6.38. The van der Waals surface area contributed by atoms with Gasteiger partial charge in [-0.05, 0) is 43.5 Å². The van der Waals surface area contributed by atoms with Crippen molar-refractivity contribution in [2.24, 2.45) is 0 Å². The molecule has 1 saturated carbocycles. The lowest BCUT2D eigenvalue weighted by molar-refractivity contribution is 0.0775. The fourth-order valence-corrected chi connectivity index (χ4v) is 4.67. The molecule has 8 nitrogen and oxygen atoms in total. The summed E-state index contributed by atoms with van der Waals surface area (Å²) < 4.78 is 3.35. The summed E-state index contributed by atoms with van der Waals surface area (Å²) in [5, 5.41) is 5.70. The van der Waals surface area contributed by atoms with Crippen molar-refractivity contribution in [1.29, 1.82) is 0 Å².